The summed E-state index contributed by atoms with van der Waals surface area (Å²) >= 11 is 0. The highest BCUT2D eigenvalue weighted by Gasteiger charge is 2.19. The summed E-state index contributed by atoms with van der Waals surface area (Å²) in [6, 6.07) is 8.56. The van der Waals surface area contributed by atoms with Gasteiger partial charge in [-0.3, -0.25) is 4.99 Å². The molecule has 0 saturated carbocycles. The fraction of sp³-hybridized carbons (Fsp3) is 0.500. The number of nitrogens with one attached hydrogen (secondary N) is 2. The quantitative estimate of drug-likeness (QED) is 0.373. The number of hydrogen-bond acceptors (Lipinski definition) is 4. The van der Waals surface area contributed by atoms with E-state index < -0.39 is 0 Å². The number of aromatic nitrogens is 1. The molecule has 0 fully saturated rings. The molecule has 2 N–H and O–H groups in total. The van der Waals surface area contributed by atoms with Gasteiger partial charge in [-0.15, -0.1) is 24.0 Å². The summed E-state index contributed by atoms with van der Waals surface area (Å²) in [7, 11) is 5.91. The second kappa shape index (κ2) is 10.7. The summed E-state index contributed by atoms with van der Waals surface area (Å²) in [6.07, 6.45) is 1.80. The van der Waals surface area contributed by atoms with Crippen molar-refractivity contribution in [3.05, 3.63) is 53.2 Å². The second-order valence-electron chi connectivity index (χ2n) is 7.71. The molecule has 150 valence electrons. The van der Waals surface area contributed by atoms with Crippen molar-refractivity contribution in [2.45, 2.75) is 45.8 Å². The Morgan fingerprint density at radius 1 is 1.15 bits per heavy atom. The van der Waals surface area contributed by atoms with E-state index in [0.717, 1.165) is 18.3 Å². The highest BCUT2D eigenvalue weighted by Crippen LogP contribution is 2.22. The van der Waals surface area contributed by atoms with Gasteiger partial charge in [0, 0.05) is 25.6 Å². The third kappa shape index (κ3) is 7.88. The summed E-state index contributed by atoms with van der Waals surface area (Å²) in [6.45, 7) is 8.46. The minimum Gasteiger partial charge on any atom is -0.443 e. The van der Waals surface area contributed by atoms with Crippen molar-refractivity contribution in [3.63, 3.8) is 0 Å². The van der Waals surface area contributed by atoms with Gasteiger partial charge in [0.05, 0.1) is 12.7 Å². The molecule has 0 amide bonds. The molecule has 7 heteroatoms. The van der Waals surface area contributed by atoms with Crippen LogP contribution < -0.4 is 10.6 Å². The average Bonchev–Trinajstić information content (AvgIpc) is 3.04. The lowest BCUT2D eigenvalue weighted by Crippen LogP contribution is -2.36. The van der Waals surface area contributed by atoms with Gasteiger partial charge < -0.3 is 20.0 Å². The first kappa shape index (κ1) is 23.4. The van der Waals surface area contributed by atoms with Crippen LogP contribution in [0.15, 0.2) is 39.9 Å². The predicted octanol–water partition coefficient (Wildman–Crippen LogP) is 3.52. The van der Waals surface area contributed by atoms with Crippen molar-refractivity contribution >= 4 is 29.9 Å². The molecule has 6 nitrogen and oxygen atoms in total. The Morgan fingerprint density at radius 3 is 2.41 bits per heavy atom. The number of hydrogen-bond donors (Lipinski definition) is 2. The van der Waals surface area contributed by atoms with Gasteiger partial charge in [-0.05, 0) is 25.2 Å². The number of guanidine groups is 1. The number of oxazole rings is 1. The highest BCUT2D eigenvalue weighted by atomic mass is 127. The Hall–Kier alpha value is -1.61. The van der Waals surface area contributed by atoms with Crippen LogP contribution in [0.2, 0.25) is 0 Å². The number of benzene rings is 1. The van der Waals surface area contributed by atoms with Gasteiger partial charge in [0.1, 0.15) is 5.76 Å². The van der Waals surface area contributed by atoms with Crippen molar-refractivity contribution in [1.82, 2.24) is 20.5 Å². The highest BCUT2D eigenvalue weighted by molar-refractivity contribution is 14.0. The fourth-order valence-electron chi connectivity index (χ4n) is 2.51. The van der Waals surface area contributed by atoms with Crippen molar-refractivity contribution in [2.24, 2.45) is 4.99 Å². The van der Waals surface area contributed by atoms with Crippen LogP contribution in [0.25, 0.3) is 0 Å². The Morgan fingerprint density at radius 2 is 1.81 bits per heavy atom. The summed E-state index contributed by atoms with van der Waals surface area (Å²) < 4.78 is 5.80. The molecule has 0 bridgehead atoms. The van der Waals surface area contributed by atoms with E-state index >= 15 is 0 Å². The van der Waals surface area contributed by atoms with E-state index in [1.807, 2.05) is 0 Å². The molecular weight excluding hydrogens is 453 g/mol. The summed E-state index contributed by atoms with van der Waals surface area (Å²) in [5, 5.41) is 6.57. The third-order valence-corrected chi connectivity index (χ3v) is 3.87. The largest absolute Gasteiger partial charge is 0.443 e. The molecule has 0 aliphatic carbocycles. The van der Waals surface area contributed by atoms with Crippen LogP contribution in [-0.2, 0) is 25.0 Å². The maximum absolute atomic E-state index is 5.80. The van der Waals surface area contributed by atoms with E-state index in [4.69, 9.17) is 4.42 Å². The molecule has 0 aliphatic rings. The first-order valence-corrected chi connectivity index (χ1v) is 8.90. The average molecular weight is 485 g/mol. The molecule has 1 heterocycles. The lowest BCUT2D eigenvalue weighted by atomic mass is 9.94. The van der Waals surface area contributed by atoms with Crippen molar-refractivity contribution in [3.8, 4) is 0 Å². The molecule has 0 saturated heterocycles. The number of halogens is 1. The fourth-order valence-corrected chi connectivity index (χ4v) is 2.51. The Labute approximate surface area is 179 Å². The summed E-state index contributed by atoms with van der Waals surface area (Å²) in [4.78, 5) is 10.8. The molecule has 0 atom stereocenters. The number of aliphatic imine (C=N–C) groups is 1. The van der Waals surface area contributed by atoms with E-state index in [0.29, 0.717) is 19.0 Å². The van der Waals surface area contributed by atoms with Crippen molar-refractivity contribution in [1.29, 1.82) is 0 Å². The summed E-state index contributed by atoms with van der Waals surface area (Å²) in [5.41, 5.74) is 2.48. The first-order chi connectivity index (χ1) is 12.3. The van der Waals surface area contributed by atoms with Gasteiger partial charge >= 0.3 is 0 Å². The minimum atomic E-state index is -0.0389. The maximum atomic E-state index is 5.80. The standard InChI is InChI=1S/C20H31N5O.HI/c1-20(2,3)17-12-22-18(26-17)13-24-19(21-4)23-11-15-8-7-9-16(10-15)14-25(5)6;/h7-10,12H,11,13-14H2,1-6H3,(H2,21,23,24);1H. The molecule has 0 spiro atoms. The van der Waals surface area contributed by atoms with E-state index in [1.165, 1.54) is 11.1 Å². The van der Waals surface area contributed by atoms with E-state index in [-0.39, 0.29) is 29.4 Å². The molecule has 27 heavy (non-hydrogen) atoms. The molecule has 0 radical (unpaired) electrons. The van der Waals surface area contributed by atoms with Crippen molar-refractivity contribution in [2.75, 3.05) is 21.1 Å². The van der Waals surface area contributed by atoms with Crippen LogP contribution in [0.4, 0.5) is 0 Å². The monoisotopic (exact) mass is 485 g/mol. The van der Waals surface area contributed by atoms with E-state index in [2.05, 4.69) is 84.6 Å². The number of nitrogens with zero attached hydrogens (tertiary/aromatic N) is 3. The molecule has 1 aromatic heterocycles. The van der Waals surface area contributed by atoms with Crippen molar-refractivity contribution < 1.29 is 4.42 Å². The Balaban J connectivity index is 0.00000364. The molecule has 2 aromatic rings. The van der Waals surface area contributed by atoms with E-state index in [9.17, 15) is 0 Å². The SMILES string of the molecule is CN=C(NCc1cccc(CN(C)C)c1)NCc1ncc(C(C)(C)C)o1.I. The van der Waals surface area contributed by atoms with Crippen LogP contribution in [0.5, 0.6) is 0 Å². The number of rotatable bonds is 6. The van der Waals surface area contributed by atoms with Crippen LogP contribution in [0, 0.1) is 0 Å². The van der Waals surface area contributed by atoms with E-state index in [1.54, 1.807) is 13.2 Å². The second-order valence-corrected chi connectivity index (χ2v) is 7.71. The van der Waals surface area contributed by atoms with Gasteiger partial charge in [0.15, 0.2) is 5.96 Å². The van der Waals surface area contributed by atoms with Crippen LogP contribution in [0.1, 0.15) is 43.5 Å². The molecule has 1 aromatic carbocycles. The zero-order valence-corrected chi connectivity index (χ0v) is 19.5. The molecular formula is C20H32IN5O. The normalized spacial score (nSPS) is 12.0. The molecule has 2 rings (SSSR count). The topological polar surface area (TPSA) is 65.7 Å². The Kier molecular flexibility index (Phi) is 9.25. The maximum Gasteiger partial charge on any atom is 0.213 e. The van der Waals surface area contributed by atoms with Gasteiger partial charge in [-0.1, -0.05) is 45.0 Å². The zero-order chi connectivity index (χ0) is 19.2. The summed E-state index contributed by atoms with van der Waals surface area (Å²) in [5.74, 6) is 2.26. The van der Waals surface area contributed by atoms with Gasteiger partial charge in [-0.25, -0.2) is 4.98 Å². The molecule has 0 unspecified atom stereocenters. The third-order valence-electron chi connectivity index (χ3n) is 3.87. The Bertz CT molecular complexity index is 734. The van der Waals surface area contributed by atoms with Gasteiger partial charge in [0.2, 0.25) is 5.89 Å². The lowest BCUT2D eigenvalue weighted by molar-refractivity contribution is 0.379. The van der Waals surface area contributed by atoms with Gasteiger partial charge in [-0.2, -0.15) is 0 Å². The predicted molar refractivity (Wildman–Crippen MR) is 121 cm³/mol. The van der Waals surface area contributed by atoms with Crippen LogP contribution in [0.3, 0.4) is 0 Å². The van der Waals surface area contributed by atoms with Crippen LogP contribution >= 0.6 is 24.0 Å². The zero-order valence-electron chi connectivity index (χ0n) is 17.2. The first-order valence-electron chi connectivity index (χ1n) is 8.90. The molecule has 0 aliphatic heterocycles. The van der Waals surface area contributed by atoms with Crippen LogP contribution in [-0.4, -0.2) is 37.0 Å². The minimum absolute atomic E-state index is 0. The smallest absolute Gasteiger partial charge is 0.213 e. The van der Waals surface area contributed by atoms with Gasteiger partial charge in [0.25, 0.3) is 0 Å². The lowest BCUT2D eigenvalue weighted by Gasteiger charge is -2.14.